The van der Waals surface area contributed by atoms with Crippen LogP contribution in [0.5, 0.6) is 11.5 Å². The Bertz CT molecular complexity index is 613. The van der Waals surface area contributed by atoms with Crippen LogP contribution in [-0.2, 0) is 11.4 Å². The fourth-order valence-electron chi connectivity index (χ4n) is 1.90. The minimum Gasteiger partial charge on any atom is -0.490 e. The van der Waals surface area contributed by atoms with Gasteiger partial charge in [0.15, 0.2) is 18.1 Å². The molecular weight excluding hydrogens is 282 g/mol. The van der Waals surface area contributed by atoms with E-state index < -0.39 is 0 Å². The lowest BCUT2D eigenvalue weighted by atomic mass is 10.2. The maximum atomic E-state index is 11.9. The molecule has 2 N–H and O–H groups in total. The van der Waals surface area contributed by atoms with Gasteiger partial charge in [-0.05, 0) is 36.8 Å². The summed E-state index contributed by atoms with van der Waals surface area (Å²) >= 11 is 0. The molecule has 0 atom stereocenters. The predicted octanol–water partition coefficient (Wildman–Crippen LogP) is 2.60. The van der Waals surface area contributed by atoms with Crippen LogP contribution in [0.3, 0.4) is 0 Å². The molecule has 0 spiro atoms. The molecule has 0 saturated carbocycles. The third-order valence-corrected chi connectivity index (χ3v) is 2.91. The first-order valence-electron chi connectivity index (χ1n) is 7.07. The number of hydrogen-bond donors (Lipinski definition) is 2. The third-order valence-electron chi connectivity index (χ3n) is 2.91. The van der Waals surface area contributed by atoms with Gasteiger partial charge < -0.3 is 19.9 Å². The quantitative estimate of drug-likeness (QED) is 0.825. The number of nitrogens with one attached hydrogen (secondary N) is 1. The zero-order valence-corrected chi connectivity index (χ0v) is 12.4. The lowest BCUT2D eigenvalue weighted by Crippen LogP contribution is -2.20. The largest absolute Gasteiger partial charge is 0.490 e. The number of benzene rings is 2. The molecule has 22 heavy (non-hydrogen) atoms. The molecular formula is C17H19NO4. The Morgan fingerprint density at radius 2 is 1.86 bits per heavy atom. The average molecular weight is 301 g/mol. The van der Waals surface area contributed by atoms with Crippen LogP contribution in [-0.4, -0.2) is 24.2 Å². The Hall–Kier alpha value is -2.53. The van der Waals surface area contributed by atoms with Crippen molar-refractivity contribution in [1.82, 2.24) is 0 Å². The summed E-state index contributed by atoms with van der Waals surface area (Å²) in [5, 5.41) is 11.9. The summed E-state index contributed by atoms with van der Waals surface area (Å²) in [7, 11) is 0. The SMILES string of the molecule is CCOc1cc(CO)ccc1OCC(=O)Nc1ccccc1. The molecule has 0 fully saturated rings. The number of ether oxygens (including phenoxy) is 2. The lowest BCUT2D eigenvalue weighted by molar-refractivity contribution is -0.118. The first-order valence-corrected chi connectivity index (χ1v) is 7.07. The Balaban J connectivity index is 1.97. The molecule has 2 aromatic rings. The number of anilines is 1. The van der Waals surface area contributed by atoms with Crippen LogP contribution in [0.1, 0.15) is 12.5 Å². The summed E-state index contributed by atoms with van der Waals surface area (Å²) in [4.78, 5) is 11.9. The third kappa shape index (κ3) is 4.49. The van der Waals surface area contributed by atoms with Crippen molar-refractivity contribution < 1.29 is 19.4 Å². The van der Waals surface area contributed by atoms with E-state index >= 15 is 0 Å². The van der Waals surface area contributed by atoms with Gasteiger partial charge >= 0.3 is 0 Å². The Labute approximate surface area is 129 Å². The molecule has 0 aliphatic heterocycles. The first kappa shape index (κ1) is 15.9. The second kappa shape index (κ2) is 8.05. The van der Waals surface area contributed by atoms with E-state index in [-0.39, 0.29) is 19.1 Å². The predicted molar refractivity (Wildman–Crippen MR) is 84.1 cm³/mol. The van der Waals surface area contributed by atoms with Gasteiger partial charge in [0.1, 0.15) is 0 Å². The molecule has 2 rings (SSSR count). The Morgan fingerprint density at radius 3 is 2.55 bits per heavy atom. The van der Waals surface area contributed by atoms with Crippen molar-refractivity contribution >= 4 is 11.6 Å². The molecule has 116 valence electrons. The highest BCUT2D eigenvalue weighted by Gasteiger charge is 2.09. The van der Waals surface area contributed by atoms with E-state index in [9.17, 15) is 4.79 Å². The van der Waals surface area contributed by atoms with Gasteiger partial charge in [-0.3, -0.25) is 4.79 Å². The van der Waals surface area contributed by atoms with E-state index in [1.165, 1.54) is 0 Å². The molecule has 5 nitrogen and oxygen atoms in total. The van der Waals surface area contributed by atoms with E-state index in [2.05, 4.69) is 5.32 Å². The van der Waals surface area contributed by atoms with Gasteiger partial charge in [0.25, 0.3) is 5.91 Å². The smallest absolute Gasteiger partial charge is 0.262 e. The molecule has 2 aromatic carbocycles. The molecule has 0 saturated heterocycles. The van der Waals surface area contributed by atoms with Crippen LogP contribution < -0.4 is 14.8 Å². The maximum absolute atomic E-state index is 11.9. The van der Waals surface area contributed by atoms with Gasteiger partial charge in [0.05, 0.1) is 13.2 Å². The van der Waals surface area contributed by atoms with E-state index in [1.54, 1.807) is 30.3 Å². The number of amides is 1. The number of rotatable bonds is 7. The second-order valence-electron chi connectivity index (χ2n) is 4.58. The molecule has 0 heterocycles. The van der Waals surface area contributed by atoms with Gasteiger partial charge in [-0.1, -0.05) is 24.3 Å². The van der Waals surface area contributed by atoms with Gasteiger partial charge in [-0.25, -0.2) is 0 Å². The van der Waals surface area contributed by atoms with Crippen molar-refractivity contribution in [3.8, 4) is 11.5 Å². The first-order chi connectivity index (χ1) is 10.7. The lowest BCUT2D eigenvalue weighted by Gasteiger charge is -2.13. The van der Waals surface area contributed by atoms with Crippen LogP contribution in [0.15, 0.2) is 48.5 Å². The highest BCUT2D eigenvalue weighted by Crippen LogP contribution is 2.28. The van der Waals surface area contributed by atoms with Crippen molar-refractivity contribution in [2.45, 2.75) is 13.5 Å². The van der Waals surface area contributed by atoms with Gasteiger partial charge in [-0.2, -0.15) is 0 Å². The summed E-state index contributed by atoms with van der Waals surface area (Å²) < 4.78 is 11.0. The molecule has 0 radical (unpaired) electrons. The normalized spacial score (nSPS) is 10.1. The van der Waals surface area contributed by atoms with Gasteiger partial charge in [0.2, 0.25) is 0 Å². The molecule has 5 heteroatoms. The Kier molecular flexibility index (Phi) is 5.80. The van der Waals surface area contributed by atoms with Crippen molar-refractivity contribution in [3.05, 3.63) is 54.1 Å². The van der Waals surface area contributed by atoms with Gasteiger partial charge in [0, 0.05) is 5.69 Å². The minimum atomic E-state index is -0.250. The molecule has 1 amide bonds. The highest BCUT2D eigenvalue weighted by molar-refractivity contribution is 5.91. The summed E-state index contributed by atoms with van der Waals surface area (Å²) in [6, 6.07) is 14.3. The van der Waals surface area contributed by atoms with Crippen molar-refractivity contribution in [2.24, 2.45) is 0 Å². The number of aliphatic hydroxyl groups excluding tert-OH is 1. The fraction of sp³-hybridized carbons (Fsp3) is 0.235. The number of aliphatic hydroxyl groups is 1. The average Bonchev–Trinajstić information content (AvgIpc) is 2.55. The van der Waals surface area contributed by atoms with Crippen molar-refractivity contribution in [2.75, 3.05) is 18.5 Å². The summed E-state index contributed by atoms with van der Waals surface area (Å²) in [5.41, 5.74) is 1.45. The standard InChI is InChI=1S/C17H19NO4/c1-2-21-16-10-13(11-19)8-9-15(16)22-12-17(20)18-14-6-4-3-5-7-14/h3-10,19H,2,11-12H2,1H3,(H,18,20). The zero-order valence-electron chi connectivity index (χ0n) is 12.4. The Morgan fingerprint density at radius 1 is 1.09 bits per heavy atom. The summed E-state index contributed by atoms with van der Waals surface area (Å²) in [6.45, 7) is 2.14. The van der Waals surface area contributed by atoms with Crippen LogP contribution in [0.4, 0.5) is 5.69 Å². The number of carbonyl (C=O) groups is 1. The number of para-hydroxylation sites is 1. The van der Waals surface area contributed by atoms with Crippen LogP contribution in [0, 0.1) is 0 Å². The van der Waals surface area contributed by atoms with Gasteiger partial charge in [-0.15, -0.1) is 0 Å². The van der Waals surface area contributed by atoms with Crippen LogP contribution in [0.2, 0.25) is 0 Å². The fourth-order valence-corrected chi connectivity index (χ4v) is 1.90. The minimum absolute atomic E-state index is 0.0746. The molecule has 0 bridgehead atoms. The monoisotopic (exact) mass is 301 g/mol. The number of carbonyl (C=O) groups excluding carboxylic acids is 1. The number of hydrogen-bond acceptors (Lipinski definition) is 4. The van der Waals surface area contributed by atoms with Crippen molar-refractivity contribution in [1.29, 1.82) is 0 Å². The second-order valence-corrected chi connectivity index (χ2v) is 4.58. The topological polar surface area (TPSA) is 67.8 Å². The molecule has 0 aliphatic carbocycles. The maximum Gasteiger partial charge on any atom is 0.262 e. The van der Waals surface area contributed by atoms with Crippen molar-refractivity contribution in [3.63, 3.8) is 0 Å². The summed E-state index contributed by atoms with van der Waals surface area (Å²) in [6.07, 6.45) is 0. The van der Waals surface area contributed by atoms with E-state index in [1.807, 2.05) is 25.1 Å². The molecule has 0 unspecified atom stereocenters. The van der Waals surface area contributed by atoms with E-state index in [0.29, 0.717) is 18.1 Å². The van der Waals surface area contributed by atoms with Crippen LogP contribution in [0.25, 0.3) is 0 Å². The molecule has 0 aliphatic rings. The van der Waals surface area contributed by atoms with Crippen LogP contribution >= 0.6 is 0 Å². The highest BCUT2D eigenvalue weighted by atomic mass is 16.5. The van der Waals surface area contributed by atoms with E-state index in [4.69, 9.17) is 14.6 Å². The summed E-state index contributed by atoms with van der Waals surface area (Å²) in [5.74, 6) is 0.740. The zero-order chi connectivity index (χ0) is 15.8. The molecule has 0 aromatic heterocycles. The van der Waals surface area contributed by atoms with E-state index in [0.717, 1.165) is 11.3 Å².